The van der Waals surface area contributed by atoms with E-state index in [-0.39, 0.29) is 47.5 Å². The van der Waals surface area contributed by atoms with Crippen LogP contribution in [0.5, 0.6) is 11.5 Å². The van der Waals surface area contributed by atoms with Crippen LogP contribution in [0.4, 0.5) is 0 Å². The van der Waals surface area contributed by atoms with E-state index in [4.69, 9.17) is 14.6 Å². The molecule has 14 heteroatoms. The fourth-order valence-electron chi connectivity index (χ4n) is 3.26. The summed E-state index contributed by atoms with van der Waals surface area (Å²) < 4.78 is 24.7. The Morgan fingerprint density at radius 3 is 1.41 bits per heavy atom. The lowest BCUT2D eigenvalue weighted by atomic mass is 10.2. The van der Waals surface area contributed by atoms with Crippen molar-refractivity contribution in [2.24, 2.45) is 0 Å². The maximum absolute atomic E-state index is 11.6. The van der Waals surface area contributed by atoms with Gasteiger partial charge in [0.25, 0.3) is 0 Å². The summed E-state index contributed by atoms with van der Waals surface area (Å²) in [6.07, 6.45) is 0. The van der Waals surface area contributed by atoms with Crippen LogP contribution in [0, 0.1) is 0 Å². The first-order chi connectivity index (χ1) is 19.8. The molecule has 2 aromatic heterocycles. The molecule has 0 atom stereocenters. The Morgan fingerprint density at radius 1 is 0.634 bits per heavy atom. The van der Waals surface area contributed by atoms with Crippen LogP contribution in [0.3, 0.4) is 0 Å². The summed E-state index contributed by atoms with van der Waals surface area (Å²) in [5.41, 5.74) is 1.09. The van der Waals surface area contributed by atoms with Crippen molar-refractivity contribution in [2.75, 3.05) is 21.3 Å². The molecule has 0 aliphatic heterocycles. The molecule has 214 valence electrons. The van der Waals surface area contributed by atoms with Crippen LogP contribution in [0.25, 0.3) is 0 Å². The Balaban J connectivity index is 0.000000226. The van der Waals surface area contributed by atoms with E-state index >= 15 is 0 Å². The van der Waals surface area contributed by atoms with Crippen molar-refractivity contribution in [1.82, 2.24) is 20.4 Å². The smallest absolute Gasteiger partial charge is 0.362 e. The van der Waals surface area contributed by atoms with Gasteiger partial charge in [-0.05, 0) is 11.1 Å². The lowest BCUT2D eigenvalue weighted by molar-refractivity contribution is 0.0575. The fraction of sp³-hybridized carbons (Fsp3) is 0.185. The highest BCUT2D eigenvalue weighted by atomic mass is 16.5. The molecule has 4 aromatic rings. The molecule has 0 aliphatic rings. The average molecular weight is 567 g/mol. The third kappa shape index (κ3) is 7.69. The highest BCUT2D eigenvalue weighted by molar-refractivity contribution is 5.98. The van der Waals surface area contributed by atoms with Crippen LogP contribution in [0.15, 0.2) is 60.7 Å². The zero-order valence-electron chi connectivity index (χ0n) is 22.2. The first-order valence-electron chi connectivity index (χ1n) is 11.8. The second-order valence-corrected chi connectivity index (χ2v) is 7.88. The van der Waals surface area contributed by atoms with E-state index in [0.29, 0.717) is 0 Å². The van der Waals surface area contributed by atoms with Crippen molar-refractivity contribution in [2.45, 2.75) is 13.2 Å². The monoisotopic (exact) mass is 566 g/mol. The standard InChI is InChI=1S/C14H14N2O5.C13H12N2O5/c1-19-13(17)10-12(11(16-15-10)14(18)20-2)21-8-9-6-4-3-5-7-9;1-19-13(18)10-11(9(12(16)17)14-15-10)20-7-8-5-3-2-4-6-8/h3-7H,8H2,1-2H3,(H,15,16);2-6H,7H2,1H3,(H,14,15)(H,16,17). The molecule has 14 nitrogen and oxygen atoms in total. The quantitative estimate of drug-likeness (QED) is 0.188. The Hall–Kier alpha value is -5.66. The van der Waals surface area contributed by atoms with Crippen LogP contribution in [0.1, 0.15) is 53.1 Å². The molecule has 0 fully saturated rings. The minimum Gasteiger partial charge on any atom is -0.484 e. The molecule has 0 radical (unpaired) electrons. The van der Waals surface area contributed by atoms with Crippen molar-refractivity contribution in [3.8, 4) is 11.5 Å². The first kappa shape index (κ1) is 29.9. The van der Waals surface area contributed by atoms with Crippen molar-refractivity contribution >= 4 is 23.9 Å². The number of carboxylic acids is 1. The molecule has 0 aliphatic carbocycles. The van der Waals surface area contributed by atoms with E-state index in [1.54, 1.807) is 0 Å². The number of aromatic amines is 2. The number of aromatic nitrogens is 4. The van der Waals surface area contributed by atoms with Gasteiger partial charge in [-0.1, -0.05) is 60.7 Å². The number of H-pyrrole nitrogens is 2. The van der Waals surface area contributed by atoms with Gasteiger partial charge >= 0.3 is 23.9 Å². The van der Waals surface area contributed by atoms with Gasteiger partial charge in [0, 0.05) is 0 Å². The Kier molecular flexibility index (Phi) is 10.6. The van der Waals surface area contributed by atoms with Crippen molar-refractivity contribution in [1.29, 1.82) is 0 Å². The predicted molar refractivity (Wildman–Crippen MR) is 140 cm³/mol. The molecular weight excluding hydrogens is 540 g/mol. The molecule has 0 saturated heterocycles. The molecule has 0 amide bonds. The molecule has 0 bridgehead atoms. The van der Waals surface area contributed by atoms with E-state index in [1.807, 2.05) is 60.7 Å². The first-order valence-corrected chi connectivity index (χ1v) is 11.8. The number of hydrogen-bond acceptors (Lipinski definition) is 11. The molecule has 4 rings (SSSR count). The molecule has 0 spiro atoms. The zero-order chi connectivity index (χ0) is 29.8. The number of rotatable bonds is 10. The second-order valence-electron chi connectivity index (χ2n) is 7.88. The summed E-state index contributed by atoms with van der Waals surface area (Å²) in [5, 5.41) is 21.0. The normalized spacial score (nSPS) is 10.0. The van der Waals surface area contributed by atoms with Crippen LogP contribution in [0.2, 0.25) is 0 Å². The van der Waals surface area contributed by atoms with Crippen molar-refractivity contribution in [3.05, 3.63) is 94.6 Å². The van der Waals surface area contributed by atoms with E-state index in [0.717, 1.165) is 11.1 Å². The third-order valence-corrected chi connectivity index (χ3v) is 5.26. The van der Waals surface area contributed by atoms with Crippen LogP contribution >= 0.6 is 0 Å². The maximum atomic E-state index is 11.6. The van der Waals surface area contributed by atoms with Gasteiger partial charge in [0.1, 0.15) is 13.2 Å². The van der Waals surface area contributed by atoms with E-state index in [1.165, 1.54) is 21.3 Å². The van der Waals surface area contributed by atoms with E-state index in [2.05, 4.69) is 34.6 Å². The number of benzene rings is 2. The summed E-state index contributed by atoms with van der Waals surface area (Å²) in [6, 6.07) is 18.4. The molecule has 41 heavy (non-hydrogen) atoms. The average Bonchev–Trinajstić information content (AvgIpc) is 3.64. The number of ether oxygens (including phenoxy) is 5. The number of carboxylic acid groups (broad SMARTS) is 1. The number of hydrogen-bond donors (Lipinski definition) is 3. The lowest BCUT2D eigenvalue weighted by Gasteiger charge is -2.07. The van der Waals surface area contributed by atoms with Gasteiger partial charge in [-0.25, -0.2) is 19.2 Å². The number of nitrogens with zero attached hydrogens (tertiary/aromatic N) is 2. The Morgan fingerprint density at radius 2 is 1.02 bits per heavy atom. The van der Waals surface area contributed by atoms with Crippen molar-refractivity contribution < 1.29 is 48.0 Å². The maximum Gasteiger partial charge on any atom is 0.362 e. The summed E-state index contributed by atoms with van der Waals surface area (Å²) in [6.45, 7) is 0.291. The fourth-order valence-corrected chi connectivity index (χ4v) is 3.26. The van der Waals surface area contributed by atoms with Gasteiger partial charge < -0.3 is 28.8 Å². The summed E-state index contributed by atoms with van der Waals surface area (Å²) in [5.74, 6) is -3.54. The molecule has 2 aromatic carbocycles. The Bertz CT molecular complexity index is 1450. The number of esters is 3. The van der Waals surface area contributed by atoms with E-state index < -0.39 is 23.9 Å². The van der Waals surface area contributed by atoms with E-state index in [9.17, 15) is 19.2 Å². The molecule has 0 saturated carbocycles. The summed E-state index contributed by atoms with van der Waals surface area (Å²) in [4.78, 5) is 45.8. The minimum atomic E-state index is -1.29. The number of aromatic carboxylic acids is 1. The van der Waals surface area contributed by atoms with Gasteiger partial charge in [0.05, 0.1) is 21.3 Å². The van der Waals surface area contributed by atoms with Gasteiger partial charge in [0.15, 0.2) is 22.9 Å². The third-order valence-electron chi connectivity index (χ3n) is 5.26. The van der Waals surface area contributed by atoms with Gasteiger partial charge in [-0.3, -0.25) is 10.2 Å². The highest BCUT2D eigenvalue weighted by Gasteiger charge is 2.27. The summed E-state index contributed by atoms with van der Waals surface area (Å²) in [7, 11) is 3.63. The Labute approximate surface area is 233 Å². The van der Waals surface area contributed by atoms with Gasteiger partial charge in [-0.2, -0.15) is 10.2 Å². The lowest BCUT2D eigenvalue weighted by Crippen LogP contribution is -2.08. The molecule has 0 unspecified atom stereocenters. The van der Waals surface area contributed by atoms with Crippen LogP contribution in [-0.2, 0) is 27.4 Å². The SMILES string of the molecule is COC(=O)c1[nH]nc(C(=O)O)c1OCc1ccccc1.COC(=O)c1n[nH]c(C(=O)OC)c1OCc1ccccc1. The van der Waals surface area contributed by atoms with Crippen molar-refractivity contribution in [3.63, 3.8) is 0 Å². The second kappa shape index (κ2) is 14.5. The number of carbonyl (C=O) groups is 4. The van der Waals surface area contributed by atoms with Crippen LogP contribution in [-0.4, -0.2) is 70.7 Å². The van der Waals surface area contributed by atoms with Gasteiger partial charge in [0.2, 0.25) is 11.4 Å². The highest BCUT2D eigenvalue weighted by Crippen LogP contribution is 2.25. The van der Waals surface area contributed by atoms with Gasteiger partial charge in [-0.15, -0.1) is 0 Å². The largest absolute Gasteiger partial charge is 0.484 e. The number of nitrogens with one attached hydrogen (secondary N) is 2. The zero-order valence-corrected chi connectivity index (χ0v) is 22.2. The topological polar surface area (TPSA) is 192 Å². The predicted octanol–water partition coefficient (Wildman–Crippen LogP) is 3.04. The number of methoxy groups -OCH3 is 3. The number of carbonyl (C=O) groups excluding carboxylic acids is 3. The molecule has 2 heterocycles. The minimum absolute atomic E-state index is 0.0116. The summed E-state index contributed by atoms with van der Waals surface area (Å²) >= 11 is 0. The van der Waals surface area contributed by atoms with Crippen LogP contribution < -0.4 is 9.47 Å². The molecular formula is C27H26N4O10. The molecule has 3 N–H and O–H groups in total.